The third-order valence-electron chi connectivity index (χ3n) is 3.12. The molecule has 0 aromatic heterocycles. The average molecular weight is 253 g/mol. The van der Waals surface area contributed by atoms with Crippen molar-refractivity contribution in [3.63, 3.8) is 0 Å². The van der Waals surface area contributed by atoms with Crippen molar-refractivity contribution in [1.82, 2.24) is 0 Å². The molecule has 0 aliphatic heterocycles. The van der Waals surface area contributed by atoms with Crippen LogP contribution in [-0.2, 0) is 10.9 Å². The molecule has 0 spiro atoms. The monoisotopic (exact) mass is 252 g/mol. The number of unbranched alkanes of at least 4 members (excludes halogenated alkanes) is 2. The van der Waals surface area contributed by atoms with Crippen LogP contribution in [0.25, 0.3) is 5.57 Å². The number of benzene rings is 1. The summed E-state index contributed by atoms with van der Waals surface area (Å²) in [7, 11) is 0. The van der Waals surface area contributed by atoms with E-state index in [0.717, 1.165) is 12.0 Å². The Kier molecular flexibility index (Phi) is 6.31. The van der Waals surface area contributed by atoms with Crippen LogP contribution in [0, 0.1) is 6.92 Å². The first-order chi connectivity index (χ1) is 8.20. The molecule has 0 saturated carbocycles. The summed E-state index contributed by atoms with van der Waals surface area (Å²) in [6.07, 6.45) is 4.79. The SMILES string of the molecule is C=C(CCCCC)c1cccc(COCl)c1C. The molecule has 0 atom stereocenters. The van der Waals surface area contributed by atoms with E-state index >= 15 is 0 Å². The quantitative estimate of drug-likeness (QED) is 0.602. The summed E-state index contributed by atoms with van der Waals surface area (Å²) in [6.45, 7) is 8.95. The van der Waals surface area contributed by atoms with Crippen LogP contribution in [-0.4, -0.2) is 0 Å². The first-order valence-electron chi connectivity index (χ1n) is 6.20. The van der Waals surface area contributed by atoms with E-state index < -0.39 is 0 Å². The van der Waals surface area contributed by atoms with Gasteiger partial charge in [-0.25, -0.2) is 0 Å². The smallest absolute Gasteiger partial charge is 0.0936 e. The summed E-state index contributed by atoms with van der Waals surface area (Å²) in [5, 5.41) is 0. The Hall–Kier alpha value is -0.790. The van der Waals surface area contributed by atoms with Crippen LogP contribution >= 0.6 is 11.9 Å². The molecule has 1 rings (SSSR count). The van der Waals surface area contributed by atoms with Crippen molar-refractivity contribution in [1.29, 1.82) is 0 Å². The van der Waals surface area contributed by atoms with E-state index in [0.29, 0.717) is 6.61 Å². The minimum Gasteiger partial charge on any atom is -0.274 e. The van der Waals surface area contributed by atoms with Crippen LogP contribution in [0.15, 0.2) is 24.8 Å². The summed E-state index contributed by atoms with van der Waals surface area (Å²) in [4.78, 5) is 0. The molecule has 0 N–H and O–H groups in total. The van der Waals surface area contributed by atoms with E-state index in [1.165, 1.54) is 36.0 Å². The molecule has 2 heteroatoms. The van der Waals surface area contributed by atoms with Gasteiger partial charge in [0.05, 0.1) is 18.5 Å². The lowest BCUT2D eigenvalue weighted by atomic mass is 9.94. The molecule has 0 bridgehead atoms. The number of allylic oxidation sites excluding steroid dienone is 1. The van der Waals surface area contributed by atoms with Gasteiger partial charge in [-0.05, 0) is 42.0 Å². The Labute approximate surface area is 110 Å². The lowest BCUT2D eigenvalue weighted by Crippen LogP contribution is -1.95. The van der Waals surface area contributed by atoms with Gasteiger partial charge in [0, 0.05) is 0 Å². The second-order valence-electron chi connectivity index (χ2n) is 4.40. The maximum absolute atomic E-state index is 5.32. The fraction of sp³-hybridized carbons (Fsp3) is 0.467. The molecule has 0 fully saturated rings. The minimum absolute atomic E-state index is 0.448. The van der Waals surface area contributed by atoms with Gasteiger partial charge in [0.2, 0.25) is 0 Å². The van der Waals surface area contributed by atoms with Gasteiger partial charge in [0.15, 0.2) is 0 Å². The second-order valence-corrected chi connectivity index (χ2v) is 4.62. The fourth-order valence-electron chi connectivity index (χ4n) is 2.00. The van der Waals surface area contributed by atoms with Crippen molar-refractivity contribution in [2.45, 2.75) is 46.1 Å². The van der Waals surface area contributed by atoms with Gasteiger partial charge in [-0.15, -0.1) is 0 Å². The molecule has 0 heterocycles. The highest BCUT2D eigenvalue weighted by atomic mass is 35.5. The number of hydrogen-bond donors (Lipinski definition) is 0. The van der Waals surface area contributed by atoms with Gasteiger partial charge in [-0.1, -0.05) is 44.5 Å². The van der Waals surface area contributed by atoms with Crippen LogP contribution in [0.3, 0.4) is 0 Å². The van der Waals surface area contributed by atoms with E-state index in [4.69, 9.17) is 11.9 Å². The summed E-state index contributed by atoms with van der Waals surface area (Å²) < 4.78 is 4.68. The number of hydrogen-bond acceptors (Lipinski definition) is 1. The lowest BCUT2D eigenvalue weighted by Gasteiger charge is -2.12. The molecule has 0 saturated heterocycles. The molecule has 1 nitrogen and oxygen atoms in total. The Bertz CT molecular complexity index is 371. The molecule has 0 unspecified atom stereocenters. The molecule has 0 radical (unpaired) electrons. The Morgan fingerprint density at radius 2 is 2.12 bits per heavy atom. The van der Waals surface area contributed by atoms with E-state index in [2.05, 4.69) is 30.8 Å². The Morgan fingerprint density at radius 3 is 2.76 bits per heavy atom. The zero-order chi connectivity index (χ0) is 12.7. The van der Waals surface area contributed by atoms with E-state index in [-0.39, 0.29) is 0 Å². The van der Waals surface area contributed by atoms with Crippen molar-refractivity contribution >= 4 is 17.4 Å². The summed E-state index contributed by atoms with van der Waals surface area (Å²) in [6, 6.07) is 6.21. The van der Waals surface area contributed by atoms with Crippen LogP contribution in [0.2, 0.25) is 0 Å². The molecular formula is C15H21ClO. The lowest BCUT2D eigenvalue weighted by molar-refractivity contribution is 0.340. The van der Waals surface area contributed by atoms with Gasteiger partial charge in [0.25, 0.3) is 0 Å². The topological polar surface area (TPSA) is 9.23 Å². The highest BCUT2D eigenvalue weighted by Gasteiger charge is 2.06. The van der Waals surface area contributed by atoms with Gasteiger partial charge < -0.3 is 0 Å². The highest BCUT2D eigenvalue weighted by molar-refractivity contribution is 6.07. The average Bonchev–Trinajstić information content (AvgIpc) is 2.32. The largest absolute Gasteiger partial charge is 0.274 e. The standard InChI is InChI=1S/C15H21ClO/c1-4-5-6-8-12(2)15-10-7-9-14(11-17-16)13(15)3/h7,9-10H,2,4-6,8,11H2,1,3H3. The van der Waals surface area contributed by atoms with Crippen LogP contribution in [0.4, 0.5) is 0 Å². The number of halogens is 1. The van der Waals surface area contributed by atoms with Crippen molar-refractivity contribution in [2.75, 3.05) is 0 Å². The molecule has 0 aliphatic rings. The van der Waals surface area contributed by atoms with Crippen molar-refractivity contribution in [2.24, 2.45) is 0 Å². The molecule has 17 heavy (non-hydrogen) atoms. The van der Waals surface area contributed by atoms with E-state index in [1.807, 2.05) is 12.1 Å². The molecule has 94 valence electrons. The van der Waals surface area contributed by atoms with E-state index in [9.17, 15) is 0 Å². The first-order valence-corrected chi connectivity index (χ1v) is 6.51. The van der Waals surface area contributed by atoms with Crippen LogP contribution < -0.4 is 0 Å². The molecule has 1 aromatic carbocycles. The Morgan fingerprint density at radius 1 is 1.35 bits per heavy atom. The van der Waals surface area contributed by atoms with E-state index in [1.54, 1.807) is 0 Å². The zero-order valence-electron chi connectivity index (χ0n) is 10.8. The predicted molar refractivity (Wildman–Crippen MR) is 75.0 cm³/mol. The maximum atomic E-state index is 5.32. The van der Waals surface area contributed by atoms with Crippen LogP contribution in [0.5, 0.6) is 0 Å². The van der Waals surface area contributed by atoms with Crippen LogP contribution in [0.1, 0.15) is 49.3 Å². The number of rotatable bonds is 7. The zero-order valence-corrected chi connectivity index (χ0v) is 11.5. The molecular weight excluding hydrogens is 232 g/mol. The fourth-order valence-corrected chi connectivity index (χ4v) is 2.12. The Balaban J connectivity index is 2.75. The van der Waals surface area contributed by atoms with Gasteiger partial charge >= 0.3 is 0 Å². The predicted octanol–water partition coefficient (Wildman–Crippen LogP) is 5.26. The van der Waals surface area contributed by atoms with Gasteiger partial charge in [0.1, 0.15) is 0 Å². The van der Waals surface area contributed by atoms with Crippen molar-refractivity contribution < 1.29 is 4.29 Å². The van der Waals surface area contributed by atoms with Crippen molar-refractivity contribution in [3.05, 3.63) is 41.5 Å². The van der Waals surface area contributed by atoms with Gasteiger partial charge in [-0.2, -0.15) is 0 Å². The maximum Gasteiger partial charge on any atom is 0.0936 e. The normalized spacial score (nSPS) is 10.5. The summed E-state index contributed by atoms with van der Waals surface area (Å²) >= 11 is 5.32. The van der Waals surface area contributed by atoms with Crippen molar-refractivity contribution in [3.8, 4) is 0 Å². The molecule has 0 amide bonds. The highest BCUT2D eigenvalue weighted by Crippen LogP contribution is 2.25. The third kappa shape index (κ3) is 4.18. The third-order valence-corrected chi connectivity index (χ3v) is 3.23. The minimum atomic E-state index is 0.448. The molecule has 1 aromatic rings. The summed E-state index contributed by atoms with van der Waals surface area (Å²) in [5.41, 5.74) is 4.82. The first kappa shape index (κ1) is 14.3. The molecule has 0 aliphatic carbocycles. The second kappa shape index (κ2) is 7.52. The summed E-state index contributed by atoms with van der Waals surface area (Å²) in [5.74, 6) is 0. The van der Waals surface area contributed by atoms with Gasteiger partial charge in [-0.3, -0.25) is 4.29 Å².